The molecule has 3 heteroatoms. The van der Waals surface area contributed by atoms with E-state index in [9.17, 15) is 4.39 Å². The van der Waals surface area contributed by atoms with E-state index in [1.165, 1.54) is 6.07 Å². The maximum atomic E-state index is 13.8. The second-order valence-corrected chi connectivity index (χ2v) is 4.27. The molecule has 0 aliphatic rings. The molecule has 0 radical (unpaired) electrons. The van der Waals surface area contributed by atoms with Crippen LogP contribution in [0.4, 0.5) is 10.1 Å². The summed E-state index contributed by atoms with van der Waals surface area (Å²) in [5, 5.41) is 0. The zero-order chi connectivity index (χ0) is 12.1. The van der Waals surface area contributed by atoms with Gasteiger partial charge in [0.25, 0.3) is 0 Å². The van der Waals surface area contributed by atoms with Crippen molar-refractivity contribution in [1.29, 1.82) is 0 Å². The van der Waals surface area contributed by atoms with E-state index >= 15 is 0 Å². The van der Waals surface area contributed by atoms with Crippen LogP contribution in [0.25, 0.3) is 0 Å². The van der Waals surface area contributed by atoms with Crippen LogP contribution in [0.2, 0.25) is 0 Å². The number of rotatable bonds is 5. The lowest BCUT2D eigenvalue weighted by atomic mass is 10.1. The molecule has 0 aromatic heterocycles. The number of alkyl halides is 1. The lowest BCUT2D eigenvalue weighted by Crippen LogP contribution is -2.31. The summed E-state index contributed by atoms with van der Waals surface area (Å²) >= 11 is 5.67. The molecular formula is C13H19ClFN. The molecule has 0 amide bonds. The molecule has 0 N–H and O–H groups in total. The van der Waals surface area contributed by atoms with Crippen LogP contribution in [0.5, 0.6) is 0 Å². The average Bonchev–Trinajstić information content (AvgIpc) is 2.30. The second-order valence-electron chi connectivity index (χ2n) is 4.00. The number of anilines is 1. The summed E-state index contributed by atoms with van der Waals surface area (Å²) in [7, 11) is 1.94. The first-order valence-electron chi connectivity index (χ1n) is 5.71. The molecule has 1 rings (SSSR count). The topological polar surface area (TPSA) is 3.24 Å². The Bertz CT molecular complexity index is 337. The third-order valence-electron chi connectivity index (χ3n) is 3.04. The normalized spacial score (nSPS) is 10.9. The molecule has 0 bridgehead atoms. The van der Waals surface area contributed by atoms with E-state index in [2.05, 4.69) is 13.8 Å². The third-order valence-corrected chi connectivity index (χ3v) is 3.35. The van der Waals surface area contributed by atoms with Crippen LogP contribution in [0.15, 0.2) is 18.2 Å². The third kappa shape index (κ3) is 2.88. The van der Waals surface area contributed by atoms with Gasteiger partial charge >= 0.3 is 0 Å². The SMILES string of the molecule is CCC(CC)N(C)c1ccc(CCl)cc1F. The minimum absolute atomic E-state index is 0.187. The van der Waals surface area contributed by atoms with E-state index < -0.39 is 0 Å². The highest BCUT2D eigenvalue weighted by molar-refractivity contribution is 6.17. The summed E-state index contributed by atoms with van der Waals surface area (Å²) in [6.07, 6.45) is 2.04. The van der Waals surface area contributed by atoms with Gasteiger partial charge in [0.15, 0.2) is 0 Å². The Labute approximate surface area is 102 Å². The molecule has 1 aromatic rings. The molecule has 0 aliphatic heterocycles. The number of hydrogen-bond donors (Lipinski definition) is 0. The Morgan fingerprint density at radius 3 is 2.38 bits per heavy atom. The fraction of sp³-hybridized carbons (Fsp3) is 0.538. The average molecular weight is 244 g/mol. The van der Waals surface area contributed by atoms with Gasteiger partial charge in [-0.25, -0.2) is 4.39 Å². The van der Waals surface area contributed by atoms with Gasteiger partial charge in [-0.1, -0.05) is 19.9 Å². The molecule has 0 spiro atoms. The maximum absolute atomic E-state index is 13.8. The zero-order valence-corrected chi connectivity index (χ0v) is 10.9. The van der Waals surface area contributed by atoms with E-state index in [4.69, 9.17) is 11.6 Å². The minimum Gasteiger partial charge on any atom is -0.369 e. The van der Waals surface area contributed by atoms with Crippen LogP contribution < -0.4 is 4.90 Å². The quantitative estimate of drug-likeness (QED) is 0.701. The predicted molar refractivity (Wildman–Crippen MR) is 68.7 cm³/mol. The van der Waals surface area contributed by atoms with Crippen molar-refractivity contribution < 1.29 is 4.39 Å². The molecule has 0 atom stereocenters. The molecule has 0 unspecified atom stereocenters. The molecule has 0 saturated heterocycles. The number of benzene rings is 1. The molecule has 1 nitrogen and oxygen atoms in total. The number of nitrogens with zero attached hydrogens (tertiary/aromatic N) is 1. The van der Waals surface area contributed by atoms with Gasteiger partial charge in [-0.15, -0.1) is 11.6 Å². The van der Waals surface area contributed by atoms with E-state index in [-0.39, 0.29) is 5.82 Å². The van der Waals surface area contributed by atoms with Gasteiger partial charge in [0.2, 0.25) is 0 Å². The molecule has 16 heavy (non-hydrogen) atoms. The monoisotopic (exact) mass is 243 g/mol. The van der Waals surface area contributed by atoms with Crippen LogP contribution in [0.3, 0.4) is 0 Å². The van der Waals surface area contributed by atoms with Gasteiger partial charge in [-0.05, 0) is 30.5 Å². The fourth-order valence-electron chi connectivity index (χ4n) is 1.95. The van der Waals surface area contributed by atoms with E-state index in [0.717, 1.165) is 18.4 Å². The van der Waals surface area contributed by atoms with Gasteiger partial charge < -0.3 is 4.90 Å². The van der Waals surface area contributed by atoms with Gasteiger partial charge in [-0.2, -0.15) is 0 Å². The molecule has 0 heterocycles. The lowest BCUT2D eigenvalue weighted by Gasteiger charge is -2.28. The smallest absolute Gasteiger partial charge is 0.146 e. The van der Waals surface area contributed by atoms with Crippen molar-refractivity contribution in [2.45, 2.75) is 38.6 Å². The Kier molecular flexibility index (Phi) is 5.07. The first-order valence-corrected chi connectivity index (χ1v) is 6.24. The highest BCUT2D eigenvalue weighted by Gasteiger charge is 2.14. The summed E-state index contributed by atoms with van der Waals surface area (Å²) in [6.45, 7) is 4.24. The van der Waals surface area contributed by atoms with Gasteiger partial charge in [-0.3, -0.25) is 0 Å². The highest BCUT2D eigenvalue weighted by atomic mass is 35.5. The van der Waals surface area contributed by atoms with Gasteiger partial charge in [0, 0.05) is 19.0 Å². The Morgan fingerprint density at radius 1 is 1.31 bits per heavy atom. The van der Waals surface area contributed by atoms with E-state index in [0.29, 0.717) is 17.6 Å². The summed E-state index contributed by atoms with van der Waals surface area (Å²) in [5.74, 6) is 0.166. The van der Waals surface area contributed by atoms with E-state index in [1.54, 1.807) is 0 Å². The summed E-state index contributed by atoms with van der Waals surface area (Å²) in [6, 6.07) is 5.59. The van der Waals surface area contributed by atoms with Crippen molar-refractivity contribution >= 4 is 17.3 Å². The van der Waals surface area contributed by atoms with Crippen molar-refractivity contribution in [3.8, 4) is 0 Å². The molecular weight excluding hydrogens is 225 g/mol. The van der Waals surface area contributed by atoms with Gasteiger partial charge in [0.1, 0.15) is 5.82 Å². The van der Waals surface area contributed by atoms with Gasteiger partial charge in [0.05, 0.1) is 5.69 Å². The largest absolute Gasteiger partial charge is 0.369 e. The molecule has 0 fully saturated rings. The molecule has 0 saturated carbocycles. The minimum atomic E-state index is -0.187. The van der Waals surface area contributed by atoms with Crippen LogP contribution in [0, 0.1) is 5.82 Å². The summed E-state index contributed by atoms with van der Waals surface area (Å²) in [5.41, 5.74) is 1.48. The van der Waals surface area contributed by atoms with Crippen molar-refractivity contribution in [2.75, 3.05) is 11.9 Å². The molecule has 1 aromatic carbocycles. The first-order chi connectivity index (χ1) is 7.63. The van der Waals surface area contributed by atoms with E-state index in [1.807, 2.05) is 24.1 Å². The van der Waals surface area contributed by atoms with Crippen molar-refractivity contribution in [3.05, 3.63) is 29.6 Å². The Morgan fingerprint density at radius 2 is 1.94 bits per heavy atom. The number of hydrogen-bond acceptors (Lipinski definition) is 1. The van der Waals surface area contributed by atoms with Crippen LogP contribution >= 0.6 is 11.6 Å². The molecule has 90 valence electrons. The highest BCUT2D eigenvalue weighted by Crippen LogP contribution is 2.23. The summed E-state index contributed by atoms with van der Waals surface area (Å²) in [4.78, 5) is 2.01. The van der Waals surface area contributed by atoms with Crippen molar-refractivity contribution in [3.63, 3.8) is 0 Å². The predicted octanol–water partition coefficient (Wildman–Crippen LogP) is 4.19. The number of halogens is 2. The Hall–Kier alpha value is -0.760. The van der Waals surface area contributed by atoms with Crippen LogP contribution in [-0.4, -0.2) is 13.1 Å². The fourth-order valence-corrected chi connectivity index (χ4v) is 2.12. The first kappa shape index (κ1) is 13.3. The maximum Gasteiger partial charge on any atom is 0.146 e. The van der Waals surface area contributed by atoms with Crippen molar-refractivity contribution in [1.82, 2.24) is 0 Å². The van der Waals surface area contributed by atoms with Crippen molar-refractivity contribution in [2.24, 2.45) is 0 Å². The molecule has 0 aliphatic carbocycles. The zero-order valence-electron chi connectivity index (χ0n) is 10.1. The second kappa shape index (κ2) is 6.09. The van der Waals surface area contributed by atoms with Crippen LogP contribution in [-0.2, 0) is 5.88 Å². The summed E-state index contributed by atoms with van der Waals surface area (Å²) < 4.78 is 13.8. The standard InChI is InChI=1S/C13H19ClFN/c1-4-11(5-2)16(3)13-7-6-10(9-14)8-12(13)15/h6-8,11H,4-5,9H2,1-3H3. The lowest BCUT2D eigenvalue weighted by molar-refractivity contribution is 0.565. The van der Waals surface area contributed by atoms with Crippen LogP contribution in [0.1, 0.15) is 32.3 Å². The Balaban J connectivity index is 2.95.